The molecule has 0 amide bonds. The largest absolute Gasteiger partial charge is 0.463 e. The summed E-state index contributed by atoms with van der Waals surface area (Å²) in [7, 11) is 0. The van der Waals surface area contributed by atoms with Crippen molar-refractivity contribution in [2.75, 3.05) is 0 Å². The van der Waals surface area contributed by atoms with Gasteiger partial charge in [0.05, 0.1) is 24.9 Å². The second-order valence-electron chi connectivity index (χ2n) is 5.04. The molecule has 0 spiro atoms. The summed E-state index contributed by atoms with van der Waals surface area (Å²) in [5, 5.41) is 2.20. The average Bonchev–Trinajstić information content (AvgIpc) is 3.11. The van der Waals surface area contributed by atoms with Crippen LogP contribution in [0.25, 0.3) is 0 Å². The van der Waals surface area contributed by atoms with Crippen molar-refractivity contribution in [3.8, 4) is 0 Å². The molecule has 4 nitrogen and oxygen atoms in total. The molecule has 0 unspecified atom stereocenters. The zero-order chi connectivity index (χ0) is 13.2. The lowest BCUT2D eigenvalue weighted by Gasteiger charge is -2.30. The number of ketones is 1. The van der Waals surface area contributed by atoms with E-state index in [1.807, 2.05) is 24.3 Å². The monoisotopic (exact) mass is 260 g/mol. The second-order valence-corrected chi connectivity index (χ2v) is 5.04. The molecule has 2 N–H and O–H groups in total. The first-order chi connectivity index (χ1) is 9.29. The van der Waals surface area contributed by atoms with Crippen LogP contribution in [0.4, 0.5) is 0 Å². The van der Waals surface area contributed by atoms with Crippen molar-refractivity contribution in [2.45, 2.75) is 31.8 Å². The Morgan fingerprint density at radius 2 is 1.89 bits per heavy atom. The Labute approximate surface area is 111 Å². The molecule has 3 heterocycles. The number of Topliss-reactive ketones (excluding diaryl/α,β-unsaturated/α-hetero) is 1. The van der Waals surface area contributed by atoms with E-state index in [0.717, 1.165) is 17.9 Å². The number of furan rings is 2. The molecule has 19 heavy (non-hydrogen) atoms. The van der Waals surface area contributed by atoms with Gasteiger partial charge in [0.15, 0.2) is 23.6 Å². The fourth-order valence-electron chi connectivity index (χ4n) is 2.97. The van der Waals surface area contributed by atoms with Crippen LogP contribution in [0.1, 0.15) is 43.4 Å². The first-order valence-corrected chi connectivity index (χ1v) is 6.74. The predicted octanol–water partition coefficient (Wildman–Crippen LogP) is 2.22. The van der Waals surface area contributed by atoms with Gasteiger partial charge in [-0.15, -0.1) is 0 Å². The van der Waals surface area contributed by atoms with Crippen LogP contribution in [0.2, 0.25) is 0 Å². The third-order valence-electron chi connectivity index (χ3n) is 3.93. The number of nitrogens with two attached hydrogens (primary N) is 1. The van der Waals surface area contributed by atoms with Crippen LogP contribution in [-0.4, -0.2) is 5.78 Å². The molecule has 0 aliphatic carbocycles. The highest BCUT2D eigenvalue weighted by molar-refractivity contribution is 5.82. The number of rotatable bonds is 3. The predicted molar refractivity (Wildman–Crippen MR) is 68.2 cm³/mol. The quantitative estimate of drug-likeness (QED) is 0.920. The SMILES string of the molecule is CC[C@H]1C(=O)C[C@@H](c2ccco2)[NH2+][C@@H]1c1ccco1. The molecule has 1 aliphatic heterocycles. The number of quaternary nitrogens is 1. The van der Waals surface area contributed by atoms with E-state index in [-0.39, 0.29) is 18.0 Å². The third-order valence-corrected chi connectivity index (χ3v) is 3.93. The van der Waals surface area contributed by atoms with Crippen LogP contribution in [0.3, 0.4) is 0 Å². The van der Waals surface area contributed by atoms with Gasteiger partial charge >= 0.3 is 0 Å². The van der Waals surface area contributed by atoms with Gasteiger partial charge in [-0.2, -0.15) is 0 Å². The Morgan fingerprint density at radius 1 is 1.21 bits per heavy atom. The summed E-state index contributed by atoms with van der Waals surface area (Å²) in [5.74, 6) is 2.06. The molecule has 1 fully saturated rings. The van der Waals surface area contributed by atoms with Gasteiger partial charge in [0.2, 0.25) is 0 Å². The highest BCUT2D eigenvalue weighted by Crippen LogP contribution is 2.31. The summed E-state index contributed by atoms with van der Waals surface area (Å²) < 4.78 is 10.9. The molecule has 0 radical (unpaired) electrons. The van der Waals surface area contributed by atoms with Gasteiger partial charge in [0, 0.05) is 0 Å². The van der Waals surface area contributed by atoms with Gasteiger partial charge in [-0.25, -0.2) is 0 Å². The molecule has 3 rings (SSSR count). The summed E-state index contributed by atoms with van der Waals surface area (Å²) >= 11 is 0. The molecule has 1 aliphatic rings. The maximum atomic E-state index is 12.3. The topological polar surface area (TPSA) is 60.0 Å². The second kappa shape index (κ2) is 5.05. The van der Waals surface area contributed by atoms with Crippen LogP contribution >= 0.6 is 0 Å². The molecule has 0 bridgehead atoms. The molecule has 0 saturated carbocycles. The van der Waals surface area contributed by atoms with E-state index in [1.165, 1.54) is 0 Å². The summed E-state index contributed by atoms with van der Waals surface area (Å²) in [6.07, 6.45) is 4.69. The normalized spacial score (nSPS) is 27.6. The summed E-state index contributed by atoms with van der Waals surface area (Å²) in [6, 6.07) is 7.72. The number of carbonyl (C=O) groups is 1. The van der Waals surface area contributed by atoms with Crippen LogP contribution in [0.15, 0.2) is 45.6 Å². The van der Waals surface area contributed by atoms with Crippen molar-refractivity contribution in [1.82, 2.24) is 0 Å². The fourth-order valence-corrected chi connectivity index (χ4v) is 2.97. The summed E-state index contributed by atoms with van der Waals surface area (Å²) in [5.41, 5.74) is 0. The molecule has 2 aromatic heterocycles. The Balaban J connectivity index is 1.89. The molecule has 1 saturated heterocycles. The Morgan fingerprint density at radius 3 is 2.47 bits per heavy atom. The van der Waals surface area contributed by atoms with Crippen molar-refractivity contribution >= 4 is 5.78 Å². The van der Waals surface area contributed by atoms with Crippen molar-refractivity contribution in [1.29, 1.82) is 0 Å². The first-order valence-electron chi connectivity index (χ1n) is 6.74. The van der Waals surface area contributed by atoms with Gasteiger partial charge in [0.25, 0.3) is 0 Å². The van der Waals surface area contributed by atoms with E-state index < -0.39 is 0 Å². The zero-order valence-electron chi connectivity index (χ0n) is 10.9. The highest BCUT2D eigenvalue weighted by atomic mass is 16.3. The van der Waals surface area contributed by atoms with Gasteiger partial charge < -0.3 is 14.2 Å². The Hall–Kier alpha value is -1.81. The molecular weight excluding hydrogens is 242 g/mol. The van der Waals surface area contributed by atoms with Crippen LogP contribution in [0.5, 0.6) is 0 Å². The first kappa shape index (κ1) is 12.2. The third kappa shape index (κ3) is 2.24. The van der Waals surface area contributed by atoms with Crippen LogP contribution in [-0.2, 0) is 4.79 Å². The van der Waals surface area contributed by atoms with E-state index in [2.05, 4.69) is 12.2 Å². The minimum atomic E-state index is 0.0253. The summed E-state index contributed by atoms with van der Waals surface area (Å²) in [6.45, 7) is 2.06. The molecule has 3 atom stereocenters. The van der Waals surface area contributed by atoms with Crippen molar-refractivity contribution in [2.24, 2.45) is 5.92 Å². The average molecular weight is 260 g/mol. The lowest BCUT2D eigenvalue weighted by atomic mass is 9.82. The van der Waals surface area contributed by atoms with Crippen LogP contribution in [0, 0.1) is 5.92 Å². The standard InChI is InChI=1S/C15H17NO3/c1-2-10-12(17)9-11(13-5-3-7-18-13)16-15(10)14-6-4-8-19-14/h3-8,10-11,15-16H,2,9H2,1H3/p+1/t10-,11-,15-/m0/s1. The van der Waals surface area contributed by atoms with Crippen molar-refractivity contribution < 1.29 is 18.9 Å². The zero-order valence-corrected chi connectivity index (χ0v) is 10.9. The lowest BCUT2D eigenvalue weighted by Crippen LogP contribution is -2.90. The molecule has 4 heteroatoms. The molecular formula is C15H18NO3+. The maximum absolute atomic E-state index is 12.3. The smallest absolute Gasteiger partial charge is 0.161 e. The van der Waals surface area contributed by atoms with E-state index in [0.29, 0.717) is 12.2 Å². The fraction of sp³-hybridized carbons (Fsp3) is 0.400. The van der Waals surface area contributed by atoms with Gasteiger partial charge in [-0.3, -0.25) is 4.79 Å². The van der Waals surface area contributed by atoms with Gasteiger partial charge in [-0.05, 0) is 30.7 Å². The molecule has 0 aromatic carbocycles. The van der Waals surface area contributed by atoms with Gasteiger partial charge in [0.1, 0.15) is 5.78 Å². The molecule has 100 valence electrons. The Bertz CT molecular complexity index is 530. The minimum absolute atomic E-state index is 0.0253. The molecule has 2 aromatic rings. The lowest BCUT2D eigenvalue weighted by molar-refractivity contribution is -0.746. The summed E-state index contributed by atoms with van der Waals surface area (Å²) in [4.78, 5) is 12.3. The van der Waals surface area contributed by atoms with E-state index in [9.17, 15) is 4.79 Å². The van der Waals surface area contributed by atoms with Gasteiger partial charge in [-0.1, -0.05) is 6.92 Å². The minimum Gasteiger partial charge on any atom is -0.463 e. The van der Waals surface area contributed by atoms with E-state index in [1.54, 1.807) is 12.5 Å². The van der Waals surface area contributed by atoms with Crippen molar-refractivity contribution in [3.05, 3.63) is 48.3 Å². The highest BCUT2D eigenvalue weighted by Gasteiger charge is 2.42. The number of hydrogen-bond donors (Lipinski definition) is 1. The number of hydrogen-bond acceptors (Lipinski definition) is 3. The van der Waals surface area contributed by atoms with Crippen molar-refractivity contribution in [3.63, 3.8) is 0 Å². The maximum Gasteiger partial charge on any atom is 0.161 e. The van der Waals surface area contributed by atoms with E-state index >= 15 is 0 Å². The number of piperidine rings is 1. The van der Waals surface area contributed by atoms with Crippen LogP contribution < -0.4 is 5.32 Å². The number of carbonyl (C=O) groups excluding carboxylic acids is 1. The van der Waals surface area contributed by atoms with E-state index in [4.69, 9.17) is 8.83 Å². The Kier molecular flexibility index (Phi) is 3.25.